The zero-order valence-corrected chi connectivity index (χ0v) is 13.6. The summed E-state index contributed by atoms with van der Waals surface area (Å²) in [6.07, 6.45) is 0. The highest BCUT2D eigenvalue weighted by atomic mass is 32.2. The topological polar surface area (TPSA) is 65.3 Å². The van der Waals surface area contributed by atoms with Crippen molar-refractivity contribution in [2.45, 2.75) is 0 Å². The number of nitrogens with zero attached hydrogens (tertiary/aromatic N) is 4. The summed E-state index contributed by atoms with van der Waals surface area (Å²) in [5.74, 6) is 0.626. The summed E-state index contributed by atoms with van der Waals surface area (Å²) < 4.78 is 31.9. The van der Waals surface area contributed by atoms with E-state index in [1.165, 1.54) is 0 Å². The van der Waals surface area contributed by atoms with E-state index in [2.05, 4.69) is 8.80 Å². The molecule has 0 aromatic heterocycles. The molecule has 0 unspecified atom stereocenters. The summed E-state index contributed by atoms with van der Waals surface area (Å²) in [7, 11) is -0.426. The Balaban J connectivity index is 2.23. The number of benzene rings is 2. The molecule has 2 aromatic rings. The molecule has 0 radical (unpaired) electrons. The van der Waals surface area contributed by atoms with Crippen LogP contribution in [0.3, 0.4) is 0 Å². The standard InChI is InChI=1S/C16H16N4O2S/c1-19(2)16-18-23(21,22)17-15(13-9-5-3-6-10-13)20(16)14-11-7-4-8-12-14/h3-12H,1-2H3. The Labute approximate surface area is 135 Å². The molecule has 0 atom stereocenters. The summed E-state index contributed by atoms with van der Waals surface area (Å²) in [5.41, 5.74) is 1.49. The first kappa shape index (κ1) is 15.2. The first-order valence-corrected chi connectivity index (χ1v) is 8.40. The summed E-state index contributed by atoms with van der Waals surface area (Å²) >= 11 is 0. The van der Waals surface area contributed by atoms with E-state index in [1.54, 1.807) is 23.9 Å². The fraction of sp³-hybridized carbons (Fsp3) is 0.125. The molecule has 1 aliphatic rings. The van der Waals surface area contributed by atoms with Gasteiger partial charge in [-0.25, -0.2) is 0 Å². The number of hydrogen-bond donors (Lipinski definition) is 0. The van der Waals surface area contributed by atoms with Gasteiger partial charge in [-0.1, -0.05) is 48.5 Å². The fourth-order valence-corrected chi connectivity index (χ4v) is 3.17. The SMILES string of the molecule is CN(C)C1=NS(=O)(=O)N=C(c2ccccc2)N1c1ccccc1. The second-order valence-corrected chi connectivity index (χ2v) is 6.45. The maximum atomic E-state index is 12.1. The van der Waals surface area contributed by atoms with Gasteiger partial charge >= 0.3 is 10.2 Å². The Morgan fingerprint density at radius 2 is 1.43 bits per heavy atom. The zero-order chi connectivity index (χ0) is 16.4. The Kier molecular flexibility index (Phi) is 3.87. The highest BCUT2D eigenvalue weighted by Crippen LogP contribution is 2.23. The summed E-state index contributed by atoms with van der Waals surface area (Å²) in [4.78, 5) is 3.39. The van der Waals surface area contributed by atoms with Crippen LogP contribution in [0.15, 0.2) is 69.5 Å². The zero-order valence-electron chi connectivity index (χ0n) is 12.8. The van der Waals surface area contributed by atoms with Crippen molar-refractivity contribution in [2.75, 3.05) is 19.0 Å². The van der Waals surface area contributed by atoms with Gasteiger partial charge < -0.3 is 4.90 Å². The van der Waals surface area contributed by atoms with Gasteiger partial charge in [0.05, 0.1) is 5.69 Å². The van der Waals surface area contributed by atoms with Crippen LogP contribution in [0.2, 0.25) is 0 Å². The fourth-order valence-electron chi connectivity index (χ4n) is 2.27. The molecular weight excluding hydrogens is 312 g/mol. The number of amidine groups is 1. The lowest BCUT2D eigenvalue weighted by Gasteiger charge is -2.32. The van der Waals surface area contributed by atoms with Gasteiger partial charge in [-0.2, -0.15) is 8.42 Å². The third-order valence-corrected chi connectivity index (χ3v) is 4.05. The largest absolute Gasteiger partial charge is 0.368 e. The minimum absolute atomic E-state index is 0.296. The van der Waals surface area contributed by atoms with Crippen molar-refractivity contribution < 1.29 is 8.42 Å². The van der Waals surface area contributed by atoms with Gasteiger partial charge in [-0.3, -0.25) is 4.90 Å². The average molecular weight is 328 g/mol. The van der Waals surface area contributed by atoms with E-state index >= 15 is 0 Å². The van der Waals surface area contributed by atoms with Crippen LogP contribution >= 0.6 is 0 Å². The number of hydrogen-bond acceptors (Lipinski definition) is 4. The third-order valence-electron chi connectivity index (χ3n) is 3.26. The maximum absolute atomic E-state index is 12.1. The lowest BCUT2D eigenvalue weighted by molar-refractivity contribution is 0.588. The number of guanidine groups is 1. The van der Waals surface area contributed by atoms with Crippen molar-refractivity contribution in [3.63, 3.8) is 0 Å². The van der Waals surface area contributed by atoms with Crippen LogP contribution in [0.1, 0.15) is 5.56 Å². The molecule has 0 saturated heterocycles. The second-order valence-electron chi connectivity index (χ2n) is 5.19. The van der Waals surface area contributed by atoms with Crippen LogP contribution < -0.4 is 4.90 Å². The maximum Gasteiger partial charge on any atom is 0.368 e. The molecule has 0 fully saturated rings. The normalized spacial score (nSPS) is 16.5. The van der Waals surface area contributed by atoms with Crippen molar-refractivity contribution in [1.29, 1.82) is 0 Å². The van der Waals surface area contributed by atoms with Gasteiger partial charge in [0.25, 0.3) is 0 Å². The average Bonchev–Trinajstić information content (AvgIpc) is 2.55. The number of para-hydroxylation sites is 1. The predicted octanol–water partition coefficient (Wildman–Crippen LogP) is 2.12. The van der Waals surface area contributed by atoms with Crippen molar-refractivity contribution in [1.82, 2.24) is 4.90 Å². The Morgan fingerprint density at radius 3 is 2.00 bits per heavy atom. The van der Waals surface area contributed by atoms with Crippen LogP contribution in [0.25, 0.3) is 0 Å². The molecule has 0 amide bonds. The minimum Gasteiger partial charge on any atom is -0.347 e. The van der Waals surface area contributed by atoms with Crippen molar-refractivity contribution in [3.05, 3.63) is 66.2 Å². The Bertz CT molecular complexity index is 859. The lowest BCUT2D eigenvalue weighted by Crippen LogP contribution is -2.47. The van der Waals surface area contributed by atoms with Crippen molar-refractivity contribution in [2.24, 2.45) is 8.80 Å². The Hall–Kier alpha value is -2.67. The van der Waals surface area contributed by atoms with Gasteiger partial charge in [-0.05, 0) is 12.1 Å². The van der Waals surface area contributed by atoms with E-state index in [1.807, 2.05) is 60.7 Å². The van der Waals surface area contributed by atoms with Crippen molar-refractivity contribution >= 4 is 27.7 Å². The van der Waals surface area contributed by atoms with E-state index in [-0.39, 0.29) is 0 Å². The van der Waals surface area contributed by atoms with Crippen LogP contribution in [0, 0.1) is 0 Å². The van der Waals surface area contributed by atoms with Gasteiger partial charge in [-0.15, -0.1) is 8.80 Å². The Morgan fingerprint density at radius 1 is 0.870 bits per heavy atom. The molecule has 0 aliphatic carbocycles. The highest BCUT2D eigenvalue weighted by Gasteiger charge is 2.30. The first-order chi connectivity index (χ1) is 11.0. The molecule has 6 nitrogen and oxygen atoms in total. The molecule has 23 heavy (non-hydrogen) atoms. The molecule has 3 rings (SSSR count). The second kappa shape index (κ2) is 5.85. The van der Waals surface area contributed by atoms with E-state index in [0.717, 1.165) is 5.69 Å². The molecule has 1 heterocycles. The highest BCUT2D eigenvalue weighted by molar-refractivity contribution is 7.89. The molecule has 7 heteroatoms. The van der Waals surface area contributed by atoms with Gasteiger partial charge in [0.2, 0.25) is 5.96 Å². The minimum atomic E-state index is -3.92. The molecule has 0 saturated carbocycles. The van der Waals surface area contributed by atoms with Crippen LogP contribution in [0.5, 0.6) is 0 Å². The summed E-state index contributed by atoms with van der Waals surface area (Å²) in [5, 5.41) is 0. The quantitative estimate of drug-likeness (QED) is 0.847. The smallest absolute Gasteiger partial charge is 0.347 e. The molecule has 0 spiro atoms. The number of rotatable bonds is 2. The molecule has 0 bridgehead atoms. The van der Waals surface area contributed by atoms with Crippen LogP contribution in [0.4, 0.5) is 5.69 Å². The van der Waals surface area contributed by atoms with Gasteiger partial charge in [0, 0.05) is 19.7 Å². The van der Waals surface area contributed by atoms with E-state index < -0.39 is 10.2 Å². The van der Waals surface area contributed by atoms with Gasteiger partial charge in [0.1, 0.15) is 0 Å². The molecule has 0 N–H and O–H groups in total. The van der Waals surface area contributed by atoms with E-state index in [9.17, 15) is 8.42 Å². The van der Waals surface area contributed by atoms with Crippen LogP contribution in [-0.4, -0.2) is 39.2 Å². The van der Waals surface area contributed by atoms with Gasteiger partial charge in [0.15, 0.2) is 5.84 Å². The summed E-state index contributed by atoms with van der Waals surface area (Å²) in [6, 6.07) is 18.6. The molecule has 2 aromatic carbocycles. The molecule has 1 aliphatic heterocycles. The lowest BCUT2D eigenvalue weighted by atomic mass is 10.1. The molecular formula is C16H16N4O2S. The third kappa shape index (κ3) is 3.09. The van der Waals surface area contributed by atoms with E-state index in [4.69, 9.17) is 0 Å². The number of anilines is 1. The summed E-state index contributed by atoms with van der Waals surface area (Å²) in [6.45, 7) is 0. The predicted molar refractivity (Wildman–Crippen MR) is 91.9 cm³/mol. The monoisotopic (exact) mass is 328 g/mol. The van der Waals surface area contributed by atoms with Crippen LogP contribution in [-0.2, 0) is 10.2 Å². The van der Waals surface area contributed by atoms with E-state index in [0.29, 0.717) is 17.4 Å². The molecule has 118 valence electrons. The van der Waals surface area contributed by atoms with Crippen molar-refractivity contribution in [3.8, 4) is 0 Å². The first-order valence-electron chi connectivity index (χ1n) is 7.01.